The van der Waals surface area contributed by atoms with Crippen LogP contribution in [0.25, 0.3) is 0 Å². The molecule has 1 rings (SSSR count). The van der Waals surface area contributed by atoms with E-state index in [-0.39, 0.29) is 12.0 Å². The highest BCUT2D eigenvalue weighted by Crippen LogP contribution is 2.21. The molecule has 0 radical (unpaired) electrons. The smallest absolute Gasteiger partial charge is 0.236 e. The summed E-state index contributed by atoms with van der Waals surface area (Å²) < 4.78 is 0. The van der Waals surface area contributed by atoms with E-state index in [4.69, 9.17) is 0 Å². The lowest BCUT2D eigenvalue weighted by molar-refractivity contribution is -0.133. The number of hydrogen-bond donors (Lipinski definition) is 1. The maximum absolute atomic E-state index is 12.0. The third-order valence-corrected chi connectivity index (χ3v) is 3.50. The maximum Gasteiger partial charge on any atom is 0.236 e. The lowest BCUT2D eigenvalue weighted by Gasteiger charge is -2.32. The zero-order valence-electron chi connectivity index (χ0n) is 11.4. The SMILES string of the molecule is CC(O)CN(C)CC(=O)N(C)C1CCCCC1. The molecule has 0 heterocycles. The zero-order chi connectivity index (χ0) is 12.8. The predicted octanol–water partition coefficient (Wildman–Crippen LogP) is 1.09. The first-order valence-electron chi connectivity index (χ1n) is 6.63. The zero-order valence-corrected chi connectivity index (χ0v) is 11.4. The van der Waals surface area contributed by atoms with Crippen LogP contribution in [0.15, 0.2) is 0 Å². The Kier molecular flexibility index (Phi) is 5.92. The Morgan fingerprint density at radius 3 is 2.41 bits per heavy atom. The van der Waals surface area contributed by atoms with Crippen LogP contribution in [0.1, 0.15) is 39.0 Å². The van der Waals surface area contributed by atoms with Crippen LogP contribution in [-0.4, -0.2) is 60.1 Å². The molecule has 1 N–H and O–H groups in total. The van der Waals surface area contributed by atoms with Crippen molar-refractivity contribution in [2.75, 3.05) is 27.2 Å². The summed E-state index contributed by atoms with van der Waals surface area (Å²) in [7, 11) is 3.79. The van der Waals surface area contributed by atoms with Crippen molar-refractivity contribution in [2.45, 2.75) is 51.2 Å². The van der Waals surface area contributed by atoms with Crippen molar-refractivity contribution < 1.29 is 9.90 Å². The molecule has 0 bridgehead atoms. The third kappa shape index (κ3) is 5.04. The highest BCUT2D eigenvalue weighted by molar-refractivity contribution is 5.78. The van der Waals surface area contributed by atoms with Crippen molar-refractivity contribution in [1.29, 1.82) is 0 Å². The number of carbonyl (C=O) groups is 1. The van der Waals surface area contributed by atoms with Gasteiger partial charge in [0, 0.05) is 19.6 Å². The van der Waals surface area contributed by atoms with Gasteiger partial charge in [0.05, 0.1) is 12.6 Å². The molecule has 0 aromatic carbocycles. The molecule has 1 fully saturated rings. The van der Waals surface area contributed by atoms with E-state index in [9.17, 15) is 9.90 Å². The van der Waals surface area contributed by atoms with Gasteiger partial charge in [-0.3, -0.25) is 9.69 Å². The quantitative estimate of drug-likeness (QED) is 0.785. The molecule has 1 aliphatic rings. The summed E-state index contributed by atoms with van der Waals surface area (Å²) in [5.74, 6) is 0.167. The van der Waals surface area contributed by atoms with Gasteiger partial charge in [-0.05, 0) is 26.8 Å². The molecule has 17 heavy (non-hydrogen) atoms. The number of aliphatic hydroxyl groups excluding tert-OH is 1. The van der Waals surface area contributed by atoms with E-state index in [1.165, 1.54) is 19.3 Å². The average molecular weight is 242 g/mol. The van der Waals surface area contributed by atoms with Gasteiger partial charge >= 0.3 is 0 Å². The normalized spacial score (nSPS) is 19.4. The molecule has 4 heteroatoms. The predicted molar refractivity (Wildman–Crippen MR) is 68.8 cm³/mol. The largest absolute Gasteiger partial charge is 0.392 e. The summed E-state index contributed by atoms with van der Waals surface area (Å²) in [6.07, 6.45) is 5.69. The van der Waals surface area contributed by atoms with Crippen molar-refractivity contribution in [2.24, 2.45) is 0 Å². The molecule has 4 nitrogen and oxygen atoms in total. The number of carbonyl (C=O) groups excluding carboxylic acids is 1. The van der Waals surface area contributed by atoms with Gasteiger partial charge in [-0.2, -0.15) is 0 Å². The van der Waals surface area contributed by atoms with Gasteiger partial charge in [0.15, 0.2) is 0 Å². The van der Waals surface area contributed by atoms with Crippen LogP contribution >= 0.6 is 0 Å². The van der Waals surface area contributed by atoms with E-state index in [2.05, 4.69) is 0 Å². The second-order valence-electron chi connectivity index (χ2n) is 5.34. The second-order valence-corrected chi connectivity index (χ2v) is 5.34. The van der Waals surface area contributed by atoms with Crippen LogP contribution in [0.3, 0.4) is 0 Å². The first kappa shape index (κ1) is 14.5. The fraction of sp³-hybridized carbons (Fsp3) is 0.923. The molecular formula is C13H26N2O2. The number of aliphatic hydroxyl groups is 1. The molecule has 0 aliphatic heterocycles. The fourth-order valence-electron chi connectivity index (χ4n) is 2.53. The molecule has 1 amide bonds. The van der Waals surface area contributed by atoms with Crippen molar-refractivity contribution in [3.8, 4) is 0 Å². The van der Waals surface area contributed by atoms with Crippen molar-refractivity contribution in [3.63, 3.8) is 0 Å². The first-order chi connectivity index (χ1) is 8.00. The number of amides is 1. The van der Waals surface area contributed by atoms with Gasteiger partial charge < -0.3 is 10.0 Å². The Morgan fingerprint density at radius 1 is 1.29 bits per heavy atom. The van der Waals surface area contributed by atoms with Crippen LogP contribution in [0.4, 0.5) is 0 Å². The number of nitrogens with zero attached hydrogens (tertiary/aromatic N) is 2. The summed E-state index contributed by atoms with van der Waals surface area (Å²) in [5, 5.41) is 9.26. The van der Waals surface area contributed by atoms with Crippen LogP contribution in [-0.2, 0) is 4.79 Å². The van der Waals surface area contributed by atoms with Gasteiger partial charge in [-0.1, -0.05) is 19.3 Å². The highest BCUT2D eigenvalue weighted by Gasteiger charge is 2.22. The maximum atomic E-state index is 12.0. The molecule has 0 aromatic heterocycles. The minimum atomic E-state index is -0.382. The Morgan fingerprint density at radius 2 is 1.88 bits per heavy atom. The molecule has 1 saturated carbocycles. The molecule has 100 valence electrons. The van der Waals surface area contributed by atoms with E-state index < -0.39 is 0 Å². The summed E-state index contributed by atoms with van der Waals surface area (Å²) >= 11 is 0. The molecule has 1 aliphatic carbocycles. The van der Waals surface area contributed by atoms with Gasteiger partial charge in [-0.25, -0.2) is 0 Å². The Hall–Kier alpha value is -0.610. The van der Waals surface area contributed by atoms with E-state index in [0.29, 0.717) is 19.1 Å². The Labute approximate surface area is 105 Å². The average Bonchev–Trinajstić information content (AvgIpc) is 2.28. The summed E-state index contributed by atoms with van der Waals surface area (Å²) in [6, 6.07) is 0.427. The first-order valence-corrected chi connectivity index (χ1v) is 6.63. The van der Waals surface area contributed by atoms with Crippen molar-refractivity contribution in [3.05, 3.63) is 0 Å². The van der Waals surface area contributed by atoms with Gasteiger partial charge in [-0.15, -0.1) is 0 Å². The number of hydrogen-bond acceptors (Lipinski definition) is 3. The summed E-state index contributed by atoms with van der Waals surface area (Å²) in [4.78, 5) is 15.8. The van der Waals surface area contributed by atoms with Crippen LogP contribution in [0.5, 0.6) is 0 Å². The minimum Gasteiger partial charge on any atom is -0.392 e. The molecule has 0 spiro atoms. The Bertz CT molecular complexity index is 238. The van der Waals surface area contributed by atoms with Crippen LogP contribution in [0.2, 0.25) is 0 Å². The van der Waals surface area contributed by atoms with E-state index in [1.54, 1.807) is 6.92 Å². The minimum absolute atomic E-state index is 0.167. The van der Waals surface area contributed by atoms with Gasteiger partial charge in [0.25, 0.3) is 0 Å². The van der Waals surface area contributed by atoms with E-state index >= 15 is 0 Å². The van der Waals surface area contributed by atoms with E-state index in [1.807, 2.05) is 23.9 Å². The molecular weight excluding hydrogens is 216 g/mol. The second kappa shape index (κ2) is 6.97. The monoisotopic (exact) mass is 242 g/mol. The number of likely N-dealkylation sites (N-methyl/N-ethyl adjacent to an activating group) is 2. The summed E-state index contributed by atoms with van der Waals surface area (Å²) in [5.41, 5.74) is 0. The fourth-order valence-corrected chi connectivity index (χ4v) is 2.53. The van der Waals surface area contributed by atoms with Gasteiger partial charge in [0.1, 0.15) is 0 Å². The standard InChI is InChI=1S/C13H26N2O2/c1-11(16)9-14(2)10-13(17)15(3)12-7-5-4-6-8-12/h11-12,16H,4-10H2,1-3H3. The van der Waals surface area contributed by atoms with Crippen molar-refractivity contribution in [1.82, 2.24) is 9.80 Å². The molecule has 0 aromatic rings. The lowest BCUT2D eigenvalue weighted by atomic mass is 9.94. The van der Waals surface area contributed by atoms with E-state index in [0.717, 1.165) is 12.8 Å². The molecule has 1 unspecified atom stereocenters. The topological polar surface area (TPSA) is 43.8 Å². The van der Waals surface area contributed by atoms with Crippen molar-refractivity contribution >= 4 is 5.91 Å². The van der Waals surface area contributed by atoms with Crippen LogP contribution < -0.4 is 0 Å². The molecule has 1 atom stereocenters. The number of rotatable bonds is 5. The Balaban J connectivity index is 2.35. The molecule has 0 saturated heterocycles. The van der Waals surface area contributed by atoms with Crippen LogP contribution in [0, 0.1) is 0 Å². The van der Waals surface area contributed by atoms with Gasteiger partial charge in [0.2, 0.25) is 5.91 Å². The lowest BCUT2D eigenvalue weighted by Crippen LogP contribution is -2.44. The third-order valence-electron chi connectivity index (χ3n) is 3.50. The highest BCUT2D eigenvalue weighted by atomic mass is 16.3. The summed E-state index contributed by atoms with van der Waals surface area (Å²) in [6.45, 7) is 2.69.